The van der Waals surface area contributed by atoms with Gasteiger partial charge in [0.15, 0.2) is 5.82 Å². The van der Waals surface area contributed by atoms with Crippen LogP contribution in [0.1, 0.15) is 36.0 Å². The van der Waals surface area contributed by atoms with Crippen molar-refractivity contribution in [2.45, 2.75) is 31.7 Å². The van der Waals surface area contributed by atoms with Gasteiger partial charge in [0.25, 0.3) is 0 Å². The number of aromatic nitrogens is 2. The van der Waals surface area contributed by atoms with Crippen molar-refractivity contribution in [1.82, 2.24) is 9.97 Å². The Morgan fingerprint density at radius 1 is 1.27 bits per heavy atom. The average molecular weight is 301 g/mol. The SMILES string of the molecule is O=C(O)c1cnc(-c2ccccc2F)nc1NC1CCCC1. The maximum atomic E-state index is 13.9. The van der Waals surface area contributed by atoms with Crippen LogP contribution in [0.15, 0.2) is 30.5 Å². The minimum absolute atomic E-state index is 0.00647. The lowest BCUT2D eigenvalue weighted by molar-refractivity contribution is 0.0697. The fraction of sp³-hybridized carbons (Fsp3) is 0.312. The first-order chi connectivity index (χ1) is 10.6. The zero-order chi connectivity index (χ0) is 15.5. The molecule has 1 aromatic carbocycles. The van der Waals surface area contributed by atoms with Gasteiger partial charge in [0, 0.05) is 12.2 Å². The van der Waals surface area contributed by atoms with E-state index in [0.717, 1.165) is 25.7 Å². The van der Waals surface area contributed by atoms with E-state index in [1.165, 1.54) is 12.3 Å². The van der Waals surface area contributed by atoms with Gasteiger partial charge in [0.2, 0.25) is 0 Å². The summed E-state index contributed by atoms with van der Waals surface area (Å²) in [7, 11) is 0. The predicted octanol–water partition coefficient (Wildman–Crippen LogP) is 3.34. The number of halogens is 1. The minimum Gasteiger partial charge on any atom is -0.477 e. The Bertz CT molecular complexity index is 700. The van der Waals surface area contributed by atoms with Gasteiger partial charge in [-0.05, 0) is 25.0 Å². The van der Waals surface area contributed by atoms with Crippen LogP contribution in [0.2, 0.25) is 0 Å². The van der Waals surface area contributed by atoms with E-state index in [1.54, 1.807) is 18.2 Å². The maximum absolute atomic E-state index is 13.9. The smallest absolute Gasteiger partial charge is 0.341 e. The van der Waals surface area contributed by atoms with Crippen LogP contribution in [0, 0.1) is 5.82 Å². The second-order valence-corrected chi connectivity index (χ2v) is 5.37. The lowest BCUT2D eigenvalue weighted by atomic mass is 10.2. The molecule has 1 saturated carbocycles. The lowest BCUT2D eigenvalue weighted by Gasteiger charge is -2.15. The predicted molar refractivity (Wildman–Crippen MR) is 80.3 cm³/mol. The van der Waals surface area contributed by atoms with E-state index in [1.807, 2.05) is 0 Å². The van der Waals surface area contributed by atoms with Crippen molar-refractivity contribution >= 4 is 11.8 Å². The molecule has 114 valence electrons. The van der Waals surface area contributed by atoms with Crippen molar-refractivity contribution in [3.63, 3.8) is 0 Å². The zero-order valence-corrected chi connectivity index (χ0v) is 11.9. The summed E-state index contributed by atoms with van der Waals surface area (Å²) in [6.45, 7) is 0. The molecule has 0 bridgehead atoms. The number of carboxylic acid groups (broad SMARTS) is 1. The van der Waals surface area contributed by atoms with Crippen LogP contribution in [0.3, 0.4) is 0 Å². The lowest BCUT2D eigenvalue weighted by Crippen LogP contribution is -2.19. The van der Waals surface area contributed by atoms with Gasteiger partial charge < -0.3 is 10.4 Å². The molecule has 3 rings (SSSR count). The normalized spacial score (nSPS) is 15.0. The van der Waals surface area contributed by atoms with E-state index in [0.29, 0.717) is 0 Å². The molecular weight excluding hydrogens is 285 g/mol. The molecular formula is C16H16FN3O2. The first kappa shape index (κ1) is 14.4. The van der Waals surface area contributed by atoms with Gasteiger partial charge in [0.05, 0.1) is 5.56 Å². The van der Waals surface area contributed by atoms with Gasteiger partial charge in [0.1, 0.15) is 17.2 Å². The quantitative estimate of drug-likeness (QED) is 0.906. The fourth-order valence-electron chi connectivity index (χ4n) is 2.68. The summed E-state index contributed by atoms with van der Waals surface area (Å²) in [5.74, 6) is -1.09. The van der Waals surface area contributed by atoms with Crippen LogP contribution in [0.4, 0.5) is 10.2 Å². The second kappa shape index (κ2) is 6.09. The monoisotopic (exact) mass is 301 g/mol. The standard InChI is InChI=1S/C16H16FN3O2/c17-13-8-4-3-7-11(13)14-18-9-12(16(21)22)15(20-14)19-10-5-1-2-6-10/h3-4,7-10H,1-2,5-6H2,(H,21,22)(H,18,19,20). The number of nitrogens with zero attached hydrogens (tertiary/aromatic N) is 2. The third-order valence-corrected chi connectivity index (χ3v) is 3.83. The summed E-state index contributed by atoms with van der Waals surface area (Å²) in [5.41, 5.74) is 0.265. The van der Waals surface area contributed by atoms with Crippen LogP contribution in [-0.4, -0.2) is 27.1 Å². The Morgan fingerprint density at radius 2 is 2.00 bits per heavy atom. The highest BCUT2D eigenvalue weighted by atomic mass is 19.1. The van der Waals surface area contributed by atoms with Crippen molar-refractivity contribution < 1.29 is 14.3 Å². The zero-order valence-electron chi connectivity index (χ0n) is 11.9. The molecule has 22 heavy (non-hydrogen) atoms. The molecule has 6 heteroatoms. The number of hydrogen-bond donors (Lipinski definition) is 2. The molecule has 1 heterocycles. The van der Waals surface area contributed by atoms with Crippen molar-refractivity contribution in [2.24, 2.45) is 0 Å². The van der Waals surface area contributed by atoms with Crippen molar-refractivity contribution in [2.75, 3.05) is 5.32 Å². The Morgan fingerprint density at radius 3 is 2.68 bits per heavy atom. The number of rotatable bonds is 4. The van der Waals surface area contributed by atoms with Gasteiger partial charge >= 0.3 is 5.97 Å². The molecule has 2 N–H and O–H groups in total. The Labute approximate surface area is 127 Å². The van der Waals surface area contributed by atoms with Gasteiger partial charge in [-0.3, -0.25) is 0 Å². The summed E-state index contributed by atoms with van der Waals surface area (Å²) in [6, 6.07) is 6.39. The summed E-state index contributed by atoms with van der Waals surface area (Å²) in [4.78, 5) is 19.6. The number of aromatic carboxylic acids is 1. The molecule has 0 radical (unpaired) electrons. The van der Waals surface area contributed by atoms with E-state index < -0.39 is 11.8 Å². The highest BCUT2D eigenvalue weighted by Gasteiger charge is 2.21. The van der Waals surface area contributed by atoms with Crippen LogP contribution in [0.5, 0.6) is 0 Å². The molecule has 0 unspecified atom stereocenters. The molecule has 1 aliphatic rings. The van der Waals surface area contributed by atoms with E-state index in [2.05, 4.69) is 15.3 Å². The van der Waals surface area contributed by atoms with E-state index >= 15 is 0 Å². The molecule has 0 saturated heterocycles. The summed E-state index contributed by atoms with van der Waals surface area (Å²) < 4.78 is 13.9. The Hall–Kier alpha value is -2.50. The summed E-state index contributed by atoms with van der Waals surface area (Å²) in [6.07, 6.45) is 5.43. The summed E-state index contributed by atoms with van der Waals surface area (Å²) >= 11 is 0. The molecule has 0 spiro atoms. The number of benzene rings is 1. The molecule has 5 nitrogen and oxygen atoms in total. The number of hydrogen-bond acceptors (Lipinski definition) is 4. The topological polar surface area (TPSA) is 75.1 Å². The minimum atomic E-state index is -1.10. The molecule has 0 atom stereocenters. The van der Waals surface area contributed by atoms with Gasteiger partial charge in [-0.1, -0.05) is 25.0 Å². The Balaban J connectivity index is 1.99. The number of carbonyl (C=O) groups is 1. The average Bonchev–Trinajstić information content (AvgIpc) is 3.00. The van der Waals surface area contributed by atoms with Crippen molar-refractivity contribution in [3.05, 3.63) is 41.8 Å². The van der Waals surface area contributed by atoms with E-state index in [4.69, 9.17) is 0 Å². The highest BCUT2D eigenvalue weighted by molar-refractivity contribution is 5.93. The number of nitrogens with one attached hydrogen (secondary N) is 1. The molecule has 1 aromatic heterocycles. The molecule has 0 amide bonds. The number of carboxylic acids is 1. The van der Waals surface area contributed by atoms with Crippen molar-refractivity contribution in [3.8, 4) is 11.4 Å². The Kier molecular flexibility index (Phi) is 4.00. The van der Waals surface area contributed by atoms with Crippen LogP contribution in [-0.2, 0) is 0 Å². The van der Waals surface area contributed by atoms with E-state index in [-0.39, 0.29) is 28.8 Å². The fourth-order valence-corrected chi connectivity index (χ4v) is 2.68. The largest absolute Gasteiger partial charge is 0.477 e. The molecule has 0 aliphatic heterocycles. The van der Waals surface area contributed by atoms with Crippen molar-refractivity contribution in [1.29, 1.82) is 0 Å². The third-order valence-electron chi connectivity index (χ3n) is 3.83. The van der Waals surface area contributed by atoms with Crippen LogP contribution in [0.25, 0.3) is 11.4 Å². The van der Waals surface area contributed by atoms with Gasteiger partial charge in [-0.15, -0.1) is 0 Å². The number of anilines is 1. The third kappa shape index (κ3) is 2.90. The van der Waals surface area contributed by atoms with Gasteiger partial charge in [-0.2, -0.15) is 0 Å². The second-order valence-electron chi connectivity index (χ2n) is 5.37. The van der Waals surface area contributed by atoms with E-state index in [9.17, 15) is 14.3 Å². The van der Waals surface area contributed by atoms with Crippen LogP contribution >= 0.6 is 0 Å². The molecule has 1 fully saturated rings. The van der Waals surface area contributed by atoms with Crippen LogP contribution < -0.4 is 5.32 Å². The maximum Gasteiger partial charge on any atom is 0.341 e. The first-order valence-electron chi connectivity index (χ1n) is 7.27. The molecule has 2 aromatic rings. The summed E-state index contributed by atoms with van der Waals surface area (Å²) in [5, 5.41) is 12.4. The molecule has 1 aliphatic carbocycles. The van der Waals surface area contributed by atoms with Gasteiger partial charge in [-0.25, -0.2) is 19.2 Å². The first-order valence-corrected chi connectivity index (χ1v) is 7.27. The highest BCUT2D eigenvalue weighted by Crippen LogP contribution is 2.26.